The highest BCUT2D eigenvalue weighted by Crippen LogP contribution is 2.32. The minimum absolute atomic E-state index is 0.161. The highest BCUT2D eigenvalue weighted by Gasteiger charge is 2.22. The molecular weight excluding hydrogens is 380 g/mol. The first-order chi connectivity index (χ1) is 13.5. The Morgan fingerprint density at radius 3 is 2.32 bits per heavy atom. The zero-order valence-electron chi connectivity index (χ0n) is 15.8. The lowest BCUT2D eigenvalue weighted by Gasteiger charge is -2.29. The van der Waals surface area contributed by atoms with Crippen LogP contribution in [0.5, 0.6) is 11.5 Å². The SMILES string of the molecule is C[C@@H](NS(=O)(=O)c1ccc2c(c1)OCCO2)c1ccc(N2CCOCC2)cc1. The van der Waals surface area contributed by atoms with E-state index in [2.05, 4.69) is 9.62 Å². The summed E-state index contributed by atoms with van der Waals surface area (Å²) in [7, 11) is -3.68. The topological polar surface area (TPSA) is 77.1 Å². The number of anilines is 1. The lowest BCUT2D eigenvalue weighted by atomic mass is 10.1. The summed E-state index contributed by atoms with van der Waals surface area (Å²) in [5, 5.41) is 0. The molecule has 4 rings (SSSR count). The summed E-state index contributed by atoms with van der Waals surface area (Å²) in [5.74, 6) is 1.02. The molecular formula is C20H24N2O5S. The smallest absolute Gasteiger partial charge is 0.241 e. The van der Waals surface area contributed by atoms with Crippen LogP contribution in [0.4, 0.5) is 5.69 Å². The fourth-order valence-corrected chi connectivity index (χ4v) is 4.60. The van der Waals surface area contributed by atoms with Crippen molar-refractivity contribution in [3.8, 4) is 11.5 Å². The van der Waals surface area contributed by atoms with Gasteiger partial charge in [-0.1, -0.05) is 12.1 Å². The molecule has 150 valence electrons. The predicted octanol–water partition coefficient (Wildman–Crippen LogP) is 2.33. The first-order valence-electron chi connectivity index (χ1n) is 9.37. The highest BCUT2D eigenvalue weighted by atomic mass is 32.2. The molecule has 8 heteroatoms. The maximum absolute atomic E-state index is 12.8. The first kappa shape index (κ1) is 19.0. The van der Waals surface area contributed by atoms with Crippen molar-refractivity contribution in [3.05, 3.63) is 48.0 Å². The van der Waals surface area contributed by atoms with Crippen molar-refractivity contribution in [1.82, 2.24) is 4.72 Å². The molecule has 1 N–H and O–H groups in total. The van der Waals surface area contributed by atoms with Gasteiger partial charge in [0.15, 0.2) is 11.5 Å². The number of benzene rings is 2. The molecule has 0 aliphatic carbocycles. The third-order valence-electron chi connectivity index (χ3n) is 4.93. The van der Waals surface area contributed by atoms with E-state index in [1.165, 1.54) is 12.1 Å². The van der Waals surface area contributed by atoms with Crippen molar-refractivity contribution in [2.24, 2.45) is 0 Å². The van der Waals surface area contributed by atoms with Gasteiger partial charge in [-0.15, -0.1) is 0 Å². The second-order valence-corrected chi connectivity index (χ2v) is 8.55. The summed E-state index contributed by atoms with van der Waals surface area (Å²) in [5.41, 5.74) is 2.02. The Balaban J connectivity index is 1.47. The fourth-order valence-electron chi connectivity index (χ4n) is 3.36. The van der Waals surface area contributed by atoms with E-state index in [4.69, 9.17) is 14.2 Å². The van der Waals surface area contributed by atoms with Crippen LogP contribution in [0.15, 0.2) is 47.4 Å². The Morgan fingerprint density at radius 1 is 0.929 bits per heavy atom. The minimum Gasteiger partial charge on any atom is -0.486 e. The van der Waals surface area contributed by atoms with Crippen LogP contribution in [0.1, 0.15) is 18.5 Å². The van der Waals surface area contributed by atoms with E-state index in [0.717, 1.165) is 37.6 Å². The van der Waals surface area contributed by atoms with E-state index in [0.29, 0.717) is 24.7 Å². The predicted molar refractivity (Wildman–Crippen MR) is 106 cm³/mol. The molecule has 0 unspecified atom stereocenters. The monoisotopic (exact) mass is 404 g/mol. The molecule has 28 heavy (non-hydrogen) atoms. The summed E-state index contributed by atoms with van der Waals surface area (Å²) in [4.78, 5) is 2.42. The molecule has 2 aliphatic rings. The molecule has 0 amide bonds. The van der Waals surface area contributed by atoms with Crippen LogP contribution in [0.2, 0.25) is 0 Å². The third-order valence-corrected chi connectivity index (χ3v) is 6.46. The quantitative estimate of drug-likeness (QED) is 0.824. The standard InChI is InChI=1S/C20H24N2O5S/c1-15(16-2-4-17(5-3-16)22-8-10-25-11-9-22)21-28(23,24)18-6-7-19-20(14-18)27-13-12-26-19/h2-7,14-15,21H,8-13H2,1H3/t15-/m1/s1. The van der Waals surface area contributed by atoms with E-state index in [-0.39, 0.29) is 10.9 Å². The van der Waals surface area contributed by atoms with Crippen LogP contribution < -0.4 is 19.1 Å². The van der Waals surface area contributed by atoms with Crippen LogP contribution in [0.3, 0.4) is 0 Å². The van der Waals surface area contributed by atoms with Gasteiger partial charge in [0.1, 0.15) is 13.2 Å². The van der Waals surface area contributed by atoms with Crippen molar-refractivity contribution >= 4 is 15.7 Å². The summed E-state index contributed by atoms with van der Waals surface area (Å²) < 4.78 is 44.6. The second-order valence-electron chi connectivity index (χ2n) is 6.84. The number of sulfonamides is 1. The van der Waals surface area contributed by atoms with Gasteiger partial charge < -0.3 is 19.1 Å². The zero-order valence-corrected chi connectivity index (χ0v) is 16.6. The number of morpholine rings is 1. The fraction of sp³-hybridized carbons (Fsp3) is 0.400. The minimum atomic E-state index is -3.68. The van der Waals surface area contributed by atoms with Crippen molar-refractivity contribution in [2.75, 3.05) is 44.4 Å². The van der Waals surface area contributed by atoms with Gasteiger partial charge in [-0.2, -0.15) is 0 Å². The van der Waals surface area contributed by atoms with Gasteiger partial charge in [0.25, 0.3) is 0 Å². The number of ether oxygens (including phenoxy) is 3. The van der Waals surface area contributed by atoms with Gasteiger partial charge in [0.2, 0.25) is 10.0 Å². The summed E-state index contributed by atoms with van der Waals surface area (Å²) >= 11 is 0. The molecule has 0 bridgehead atoms. The number of hydrogen-bond acceptors (Lipinski definition) is 6. The maximum atomic E-state index is 12.8. The average molecular weight is 404 g/mol. The molecule has 0 radical (unpaired) electrons. The molecule has 1 fully saturated rings. The summed E-state index contributed by atoms with van der Waals surface area (Å²) in [6, 6.07) is 12.3. The largest absolute Gasteiger partial charge is 0.486 e. The van der Waals surface area contributed by atoms with Gasteiger partial charge >= 0.3 is 0 Å². The second kappa shape index (κ2) is 7.98. The van der Waals surface area contributed by atoms with Crippen molar-refractivity contribution < 1.29 is 22.6 Å². The average Bonchev–Trinajstić information content (AvgIpc) is 2.74. The van der Waals surface area contributed by atoms with Crippen molar-refractivity contribution in [1.29, 1.82) is 0 Å². The molecule has 2 aromatic carbocycles. The molecule has 2 heterocycles. The zero-order chi connectivity index (χ0) is 19.6. The Hall–Kier alpha value is -2.29. The Bertz CT molecular complexity index is 924. The molecule has 1 atom stereocenters. The van der Waals surface area contributed by atoms with Gasteiger partial charge in [0, 0.05) is 30.9 Å². The Labute approximate surface area is 165 Å². The molecule has 0 spiro atoms. The third kappa shape index (κ3) is 4.09. The van der Waals surface area contributed by atoms with Gasteiger partial charge in [-0.3, -0.25) is 0 Å². The number of fused-ring (bicyclic) bond motifs is 1. The lowest BCUT2D eigenvalue weighted by Crippen LogP contribution is -2.36. The highest BCUT2D eigenvalue weighted by molar-refractivity contribution is 7.89. The molecule has 0 saturated carbocycles. The van der Waals surface area contributed by atoms with E-state index in [1.54, 1.807) is 6.07 Å². The number of hydrogen-bond donors (Lipinski definition) is 1. The molecule has 1 saturated heterocycles. The van der Waals surface area contributed by atoms with Crippen molar-refractivity contribution in [3.63, 3.8) is 0 Å². The lowest BCUT2D eigenvalue weighted by molar-refractivity contribution is 0.122. The first-order valence-corrected chi connectivity index (χ1v) is 10.9. The normalized spacial score (nSPS) is 18.0. The van der Waals surface area contributed by atoms with E-state index >= 15 is 0 Å². The Morgan fingerprint density at radius 2 is 1.61 bits per heavy atom. The van der Waals surface area contributed by atoms with Crippen LogP contribution in [-0.2, 0) is 14.8 Å². The molecule has 2 aromatic rings. The van der Waals surface area contributed by atoms with Crippen LogP contribution in [0.25, 0.3) is 0 Å². The van der Waals surface area contributed by atoms with E-state index < -0.39 is 10.0 Å². The number of nitrogens with zero attached hydrogens (tertiary/aromatic N) is 1. The number of rotatable bonds is 5. The van der Waals surface area contributed by atoms with Gasteiger partial charge in [-0.25, -0.2) is 13.1 Å². The summed E-state index contributed by atoms with van der Waals surface area (Å²) in [6.45, 7) is 5.90. The number of nitrogens with one attached hydrogen (secondary N) is 1. The van der Waals surface area contributed by atoms with E-state index in [1.807, 2.05) is 31.2 Å². The van der Waals surface area contributed by atoms with Crippen molar-refractivity contribution in [2.45, 2.75) is 17.9 Å². The van der Waals surface area contributed by atoms with Crippen LogP contribution in [-0.4, -0.2) is 47.9 Å². The van der Waals surface area contributed by atoms with Crippen LogP contribution in [0, 0.1) is 0 Å². The van der Waals surface area contributed by atoms with E-state index in [9.17, 15) is 8.42 Å². The van der Waals surface area contributed by atoms with Gasteiger partial charge in [0.05, 0.1) is 18.1 Å². The molecule has 7 nitrogen and oxygen atoms in total. The molecule has 2 aliphatic heterocycles. The van der Waals surface area contributed by atoms with Crippen LogP contribution >= 0.6 is 0 Å². The Kier molecular flexibility index (Phi) is 5.43. The van der Waals surface area contributed by atoms with Gasteiger partial charge in [-0.05, 0) is 36.8 Å². The summed E-state index contributed by atoms with van der Waals surface area (Å²) in [6.07, 6.45) is 0. The maximum Gasteiger partial charge on any atom is 0.241 e. The molecule has 0 aromatic heterocycles.